The average Bonchev–Trinajstić information content (AvgIpc) is 2.89. The lowest BCUT2D eigenvalue weighted by Crippen LogP contribution is -1.99. The van der Waals surface area contributed by atoms with E-state index in [4.69, 9.17) is 9.15 Å². The number of fused-ring (bicyclic) bond motifs is 1. The first-order valence-electron chi connectivity index (χ1n) is 6.45. The summed E-state index contributed by atoms with van der Waals surface area (Å²) < 4.78 is 10.5. The van der Waals surface area contributed by atoms with Crippen LogP contribution in [-0.2, 0) is 16.1 Å². The largest absolute Gasteiger partial charge is 0.507 e. The molecule has 0 radical (unpaired) electrons. The maximum absolute atomic E-state index is 10.9. The molecular formula is C16H13NO4. The van der Waals surface area contributed by atoms with Crippen molar-refractivity contribution < 1.29 is 19.1 Å². The number of hydrogen-bond acceptors (Lipinski definition) is 5. The van der Waals surface area contributed by atoms with E-state index in [-0.39, 0.29) is 12.4 Å². The van der Waals surface area contributed by atoms with E-state index < -0.39 is 5.97 Å². The molecule has 0 saturated heterocycles. The van der Waals surface area contributed by atoms with E-state index in [1.54, 1.807) is 18.2 Å². The zero-order valence-electron chi connectivity index (χ0n) is 11.4. The maximum Gasteiger partial charge on any atom is 0.302 e. The van der Waals surface area contributed by atoms with Crippen LogP contribution < -0.4 is 0 Å². The Hall–Kier alpha value is -2.82. The van der Waals surface area contributed by atoms with Crippen LogP contribution in [0.3, 0.4) is 0 Å². The molecular weight excluding hydrogens is 270 g/mol. The highest BCUT2D eigenvalue weighted by molar-refractivity contribution is 5.77. The molecule has 5 heteroatoms. The second-order valence-electron chi connectivity index (χ2n) is 4.58. The number of para-hydroxylation sites is 3. The van der Waals surface area contributed by atoms with Gasteiger partial charge in [0.05, 0.1) is 5.56 Å². The topological polar surface area (TPSA) is 72.6 Å². The highest BCUT2D eigenvalue weighted by atomic mass is 16.5. The summed E-state index contributed by atoms with van der Waals surface area (Å²) in [4.78, 5) is 15.2. The van der Waals surface area contributed by atoms with E-state index >= 15 is 0 Å². The van der Waals surface area contributed by atoms with Crippen molar-refractivity contribution in [3.05, 3.63) is 48.0 Å². The molecule has 21 heavy (non-hydrogen) atoms. The van der Waals surface area contributed by atoms with Gasteiger partial charge in [0.2, 0.25) is 5.89 Å². The van der Waals surface area contributed by atoms with Crippen molar-refractivity contribution in [1.82, 2.24) is 4.98 Å². The Balaban J connectivity index is 2.01. The summed E-state index contributed by atoms with van der Waals surface area (Å²) in [5, 5.41) is 10.3. The molecule has 3 aromatic rings. The van der Waals surface area contributed by atoms with Gasteiger partial charge in [0.25, 0.3) is 0 Å². The summed E-state index contributed by atoms with van der Waals surface area (Å²) in [6.07, 6.45) is 0. The van der Waals surface area contributed by atoms with Gasteiger partial charge in [-0.05, 0) is 18.2 Å². The van der Waals surface area contributed by atoms with Gasteiger partial charge in [0, 0.05) is 12.5 Å². The molecule has 0 saturated carbocycles. The minimum absolute atomic E-state index is 0.00491. The minimum atomic E-state index is -0.401. The summed E-state index contributed by atoms with van der Waals surface area (Å²) in [5.74, 6) is -0.0645. The lowest BCUT2D eigenvalue weighted by Gasteiger charge is -2.07. The van der Waals surface area contributed by atoms with Crippen LogP contribution in [0, 0.1) is 0 Å². The molecule has 0 fully saturated rings. The number of carbonyl (C=O) groups excluding carboxylic acids is 1. The Morgan fingerprint density at radius 3 is 2.81 bits per heavy atom. The van der Waals surface area contributed by atoms with Crippen LogP contribution in [0.25, 0.3) is 22.6 Å². The first-order valence-corrected chi connectivity index (χ1v) is 6.45. The van der Waals surface area contributed by atoms with Gasteiger partial charge in [-0.15, -0.1) is 0 Å². The van der Waals surface area contributed by atoms with Crippen molar-refractivity contribution in [3.8, 4) is 17.2 Å². The number of benzene rings is 2. The number of phenolic OH excluding ortho intramolecular Hbond substituents is 1. The van der Waals surface area contributed by atoms with Gasteiger partial charge in [-0.3, -0.25) is 4.79 Å². The van der Waals surface area contributed by atoms with Gasteiger partial charge in [0.15, 0.2) is 5.58 Å². The fourth-order valence-electron chi connectivity index (χ4n) is 2.05. The monoisotopic (exact) mass is 283 g/mol. The van der Waals surface area contributed by atoms with Crippen LogP contribution in [0.5, 0.6) is 5.75 Å². The zero-order valence-corrected chi connectivity index (χ0v) is 11.4. The van der Waals surface area contributed by atoms with Crippen molar-refractivity contribution in [2.24, 2.45) is 0 Å². The molecule has 0 atom stereocenters. The van der Waals surface area contributed by atoms with Gasteiger partial charge in [-0.25, -0.2) is 4.98 Å². The maximum atomic E-state index is 10.9. The number of carbonyl (C=O) groups is 1. The zero-order chi connectivity index (χ0) is 14.8. The van der Waals surface area contributed by atoms with Crippen molar-refractivity contribution in [2.75, 3.05) is 0 Å². The quantitative estimate of drug-likeness (QED) is 0.747. The lowest BCUT2D eigenvalue weighted by atomic mass is 10.1. The third kappa shape index (κ3) is 2.58. The first-order chi connectivity index (χ1) is 10.1. The van der Waals surface area contributed by atoms with Gasteiger partial charge in [-0.1, -0.05) is 24.3 Å². The van der Waals surface area contributed by atoms with Gasteiger partial charge in [0.1, 0.15) is 17.9 Å². The van der Waals surface area contributed by atoms with E-state index in [9.17, 15) is 9.90 Å². The van der Waals surface area contributed by atoms with Gasteiger partial charge >= 0.3 is 5.97 Å². The smallest absolute Gasteiger partial charge is 0.302 e. The second kappa shape index (κ2) is 5.28. The molecule has 2 aromatic carbocycles. The molecule has 0 unspecified atom stereocenters. The summed E-state index contributed by atoms with van der Waals surface area (Å²) in [6.45, 7) is 1.33. The molecule has 106 valence electrons. The van der Waals surface area contributed by atoms with Crippen molar-refractivity contribution in [1.29, 1.82) is 0 Å². The molecule has 0 aliphatic carbocycles. The summed E-state index contributed by atoms with van der Waals surface area (Å²) >= 11 is 0. The molecule has 0 aliphatic rings. The molecule has 3 rings (SSSR count). The summed E-state index contributed by atoms with van der Waals surface area (Å²) in [6, 6.07) is 12.5. The number of rotatable bonds is 3. The standard InChI is InChI=1S/C16H13NO4/c1-10(18)20-9-11-5-4-6-12(15(11)19)16-17-13-7-2-3-8-14(13)21-16/h2-8,19H,9H2,1H3. The summed E-state index contributed by atoms with van der Waals surface area (Å²) in [5.41, 5.74) is 2.34. The Bertz CT molecular complexity index is 774. The molecule has 0 spiro atoms. The first kappa shape index (κ1) is 13.2. The normalized spacial score (nSPS) is 10.7. The van der Waals surface area contributed by atoms with E-state index in [1.165, 1.54) is 6.92 Å². The number of nitrogens with zero attached hydrogens (tertiary/aromatic N) is 1. The van der Waals surface area contributed by atoms with Gasteiger partial charge < -0.3 is 14.3 Å². The molecule has 0 aliphatic heterocycles. The highest BCUT2D eigenvalue weighted by Crippen LogP contribution is 2.33. The number of oxazole rings is 1. The third-order valence-electron chi connectivity index (χ3n) is 3.07. The predicted octanol–water partition coefficient (Wildman–Crippen LogP) is 3.26. The number of hydrogen-bond donors (Lipinski definition) is 1. The van der Waals surface area contributed by atoms with E-state index in [2.05, 4.69) is 4.98 Å². The van der Waals surface area contributed by atoms with E-state index in [1.807, 2.05) is 24.3 Å². The number of aromatic nitrogens is 1. The van der Waals surface area contributed by atoms with Crippen LogP contribution in [-0.4, -0.2) is 16.1 Å². The molecule has 1 heterocycles. The molecule has 5 nitrogen and oxygen atoms in total. The fourth-order valence-corrected chi connectivity index (χ4v) is 2.05. The van der Waals surface area contributed by atoms with Crippen molar-refractivity contribution in [2.45, 2.75) is 13.5 Å². The average molecular weight is 283 g/mol. The highest BCUT2D eigenvalue weighted by Gasteiger charge is 2.15. The lowest BCUT2D eigenvalue weighted by molar-refractivity contribution is -0.142. The Kier molecular flexibility index (Phi) is 3.31. The number of ether oxygens (including phenoxy) is 1. The number of phenols is 1. The van der Waals surface area contributed by atoms with Crippen LogP contribution in [0.15, 0.2) is 46.9 Å². The van der Waals surface area contributed by atoms with E-state index in [0.29, 0.717) is 22.6 Å². The van der Waals surface area contributed by atoms with Crippen LogP contribution >= 0.6 is 0 Å². The number of esters is 1. The van der Waals surface area contributed by atoms with Crippen molar-refractivity contribution in [3.63, 3.8) is 0 Å². The minimum Gasteiger partial charge on any atom is -0.507 e. The fraction of sp³-hybridized carbons (Fsp3) is 0.125. The number of aromatic hydroxyl groups is 1. The summed E-state index contributed by atoms with van der Waals surface area (Å²) in [7, 11) is 0. The van der Waals surface area contributed by atoms with Crippen LogP contribution in [0.2, 0.25) is 0 Å². The van der Waals surface area contributed by atoms with Crippen LogP contribution in [0.4, 0.5) is 0 Å². The molecule has 1 aromatic heterocycles. The van der Waals surface area contributed by atoms with Crippen molar-refractivity contribution >= 4 is 17.1 Å². The Morgan fingerprint density at radius 1 is 1.24 bits per heavy atom. The molecule has 0 amide bonds. The molecule has 1 N–H and O–H groups in total. The molecule has 0 bridgehead atoms. The Labute approximate surface area is 120 Å². The van der Waals surface area contributed by atoms with Crippen LogP contribution in [0.1, 0.15) is 12.5 Å². The second-order valence-corrected chi connectivity index (χ2v) is 4.58. The SMILES string of the molecule is CC(=O)OCc1cccc(-c2nc3ccccc3o2)c1O. The Morgan fingerprint density at radius 2 is 2.05 bits per heavy atom. The van der Waals surface area contributed by atoms with E-state index in [0.717, 1.165) is 5.52 Å². The van der Waals surface area contributed by atoms with Gasteiger partial charge in [-0.2, -0.15) is 0 Å². The third-order valence-corrected chi connectivity index (χ3v) is 3.07. The predicted molar refractivity (Wildman–Crippen MR) is 76.6 cm³/mol.